The summed E-state index contributed by atoms with van der Waals surface area (Å²) in [6, 6.07) is -0.0162. The van der Waals surface area contributed by atoms with E-state index in [1.165, 1.54) is 0 Å². The average molecular weight is 273 g/mol. The van der Waals surface area contributed by atoms with Gasteiger partial charge in [0, 0.05) is 19.1 Å². The zero-order valence-electron chi connectivity index (χ0n) is 9.51. The predicted octanol–water partition coefficient (Wildman–Crippen LogP) is 1.71. The van der Waals surface area contributed by atoms with E-state index in [1.807, 2.05) is 6.92 Å². The summed E-state index contributed by atoms with van der Waals surface area (Å²) in [5.74, 6) is -1.68. The molecule has 1 saturated heterocycles. The Balaban J connectivity index is 0.00000144. The van der Waals surface area contributed by atoms with Crippen molar-refractivity contribution in [1.82, 2.24) is 10.2 Å². The number of hydrogen-bond donors (Lipinski definition) is 1. The molecule has 2 fully saturated rings. The van der Waals surface area contributed by atoms with Gasteiger partial charge in [-0.1, -0.05) is 6.92 Å². The van der Waals surface area contributed by atoms with Crippen LogP contribution in [0.4, 0.5) is 13.2 Å². The smallest absolute Gasteiger partial charge is 0.326 e. The van der Waals surface area contributed by atoms with Gasteiger partial charge >= 0.3 is 12.1 Å². The van der Waals surface area contributed by atoms with Gasteiger partial charge < -0.3 is 10.2 Å². The summed E-state index contributed by atoms with van der Waals surface area (Å²) in [7, 11) is 0. The number of alkyl halides is 3. The first kappa shape index (κ1) is 14.6. The largest absolute Gasteiger partial charge is 0.471 e. The van der Waals surface area contributed by atoms with E-state index < -0.39 is 17.6 Å². The van der Waals surface area contributed by atoms with E-state index in [4.69, 9.17) is 0 Å². The van der Waals surface area contributed by atoms with Crippen molar-refractivity contribution in [2.75, 3.05) is 13.1 Å². The lowest BCUT2D eigenvalue weighted by Gasteiger charge is -2.41. The number of carbonyl (C=O) groups is 1. The highest BCUT2D eigenvalue weighted by atomic mass is 35.5. The summed E-state index contributed by atoms with van der Waals surface area (Å²) in [5.41, 5.74) is -0.543. The molecule has 7 heteroatoms. The molecule has 17 heavy (non-hydrogen) atoms. The van der Waals surface area contributed by atoms with E-state index in [0.29, 0.717) is 19.4 Å². The lowest BCUT2D eigenvalue weighted by atomic mass is 10.1. The molecule has 3 nitrogen and oxygen atoms in total. The van der Waals surface area contributed by atoms with Crippen molar-refractivity contribution in [3.05, 3.63) is 0 Å². The summed E-state index contributed by atoms with van der Waals surface area (Å²) in [5, 5.41) is 3.20. The molecular weight excluding hydrogens is 257 g/mol. The number of piperazine rings is 1. The van der Waals surface area contributed by atoms with Crippen LogP contribution in [0.3, 0.4) is 0 Å². The van der Waals surface area contributed by atoms with Crippen LogP contribution in [-0.4, -0.2) is 41.7 Å². The van der Waals surface area contributed by atoms with Gasteiger partial charge in [0.2, 0.25) is 0 Å². The Labute approximate surface area is 104 Å². The average Bonchev–Trinajstić information content (AvgIpc) is 2.97. The van der Waals surface area contributed by atoms with E-state index in [-0.39, 0.29) is 25.0 Å². The van der Waals surface area contributed by atoms with E-state index in [9.17, 15) is 18.0 Å². The highest BCUT2D eigenvalue weighted by Crippen LogP contribution is 2.44. The Bertz CT molecular complexity index is 304. The van der Waals surface area contributed by atoms with Crippen LogP contribution in [0.5, 0.6) is 0 Å². The van der Waals surface area contributed by atoms with Crippen molar-refractivity contribution in [3.63, 3.8) is 0 Å². The molecule has 0 aromatic heterocycles. The Morgan fingerprint density at radius 2 is 2.06 bits per heavy atom. The fourth-order valence-electron chi connectivity index (χ4n) is 2.22. The molecule has 1 saturated carbocycles. The predicted molar refractivity (Wildman–Crippen MR) is 59.1 cm³/mol. The molecule has 1 spiro atoms. The number of rotatable bonds is 1. The highest BCUT2D eigenvalue weighted by molar-refractivity contribution is 5.85. The fraction of sp³-hybridized carbons (Fsp3) is 0.900. The minimum atomic E-state index is -4.74. The molecule has 1 N–H and O–H groups in total. The molecule has 1 aliphatic carbocycles. The number of hydrogen-bond acceptors (Lipinski definition) is 2. The molecule has 1 atom stereocenters. The van der Waals surface area contributed by atoms with Crippen LogP contribution in [0.25, 0.3) is 0 Å². The molecular formula is C10H16ClF3N2O. The maximum absolute atomic E-state index is 12.4. The maximum atomic E-state index is 12.4. The molecule has 1 amide bonds. The summed E-state index contributed by atoms with van der Waals surface area (Å²) >= 11 is 0. The quantitative estimate of drug-likeness (QED) is 0.788. The molecule has 0 radical (unpaired) electrons. The van der Waals surface area contributed by atoms with Gasteiger partial charge in [-0.25, -0.2) is 0 Å². The Morgan fingerprint density at radius 3 is 2.47 bits per heavy atom. The van der Waals surface area contributed by atoms with Crippen LogP contribution >= 0.6 is 12.4 Å². The first-order valence-electron chi connectivity index (χ1n) is 5.51. The summed E-state index contributed by atoms with van der Waals surface area (Å²) < 4.78 is 37.3. The van der Waals surface area contributed by atoms with Gasteiger partial charge in [0.25, 0.3) is 0 Å². The normalized spacial score (nSPS) is 26.6. The van der Waals surface area contributed by atoms with Crippen molar-refractivity contribution in [3.8, 4) is 0 Å². The molecule has 1 unspecified atom stereocenters. The van der Waals surface area contributed by atoms with Gasteiger partial charge in [-0.3, -0.25) is 4.79 Å². The second kappa shape index (κ2) is 4.65. The molecule has 0 aromatic carbocycles. The van der Waals surface area contributed by atoms with Crippen LogP contribution in [0.2, 0.25) is 0 Å². The fourth-order valence-corrected chi connectivity index (χ4v) is 2.22. The van der Waals surface area contributed by atoms with E-state index in [1.54, 1.807) is 0 Å². The number of halogens is 4. The van der Waals surface area contributed by atoms with Gasteiger partial charge in [-0.15, -0.1) is 12.4 Å². The number of nitrogens with zero attached hydrogens (tertiary/aromatic N) is 1. The van der Waals surface area contributed by atoms with Gasteiger partial charge in [0.1, 0.15) is 0 Å². The van der Waals surface area contributed by atoms with E-state index in [2.05, 4.69) is 5.32 Å². The molecule has 2 aliphatic rings. The second-order valence-electron chi connectivity index (χ2n) is 4.62. The van der Waals surface area contributed by atoms with Crippen molar-refractivity contribution >= 4 is 18.3 Å². The molecule has 0 bridgehead atoms. The second-order valence-corrected chi connectivity index (χ2v) is 4.62. The minimum Gasteiger partial charge on any atom is -0.326 e. The number of amides is 1. The first-order chi connectivity index (χ1) is 7.39. The van der Waals surface area contributed by atoms with Crippen molar-refractivity contribution < 1.29 is 18.0 Å². The Morgan fingerprint density at radius 1 is 1.47 bits per heavy atom. The topological polar surface area (TPSA) is 32.3 Å². The third kappa shape index (κ3) is 2.68. The maximum Gasteiger partial charge on any atom is 0.471 e. The third-order valence-electron chi connectivity index (χ3n) is 3.50. The van der Waals surface area contributed by atoms with Crippen LogP contribution in [0, 0.1) is 0 Å². The molecule has 2 rings (SSSR count). The van der Waals surface area contributed by atoms with Crippen LogP contribution in [0.15, 0.2) is 0 Å². The van der Waals surface area contributed by atoms with Gasteiger partial charge in [0.15, 0.2) is 0 Å². The zero-order chi connectivity index (χ0) is 12.0. The standard InChI is InChI=1S/C10H15F3N2O.ClH/c1-2-7-5-15(8(16)10(11,12)13)9(3-4-9)6-14-7;/h7,14H,2-6H2,1H3;1H. The molecule has 0 aromatic rings. The lowest BCUT2D eigenvalue weighted by Crippen LogP contribution is -2.62. The van der Waals surface area contributed by atoms with Gasteiger partial charge in [0.05, 0.1) is 5.54 Å². The van der Waals surface area contributed by atoms with Crippen LogP contribution < -0.4 is 5.32 Å². The molecule has 1 heterocycles. The molecule has 1 aliphatic heterocycles. The Hall–Kier alpha value is -0.490. The Kier molecular flexibility index (Phi) is 3.98. The van der Waals surface area contributed by atoms with Gasteiger partial charge in [-0.05, 0) is 19.3 Å². The first-order valence-corrected chi connectivity index (χ1v) is 5.51. The highest BCUT2D eigenvalue weighted by Gasteiger charge is 2.57. The summed E-state index contributed by atoms with van der Waals surface area (Å²) in [4.78, 5) is 12.3. The SMILES string of the molecule is CCC1CN(C(=O)C(F)(F)F)C2(CC2)CN1.Cl. The van der Waals surface area contributed by atoms with Crippen LogP contribution in [0.1, 0.15) is 26.2 Å². The number of nitrogens with one attached hydrogen (secondary N) is 1. The van der Waals surface area contributed by atoms with Crippen molar-refractivity contribution in [2.24, 2.45) is 0 Å². The molecule has 100 valence electrons. The van der Waals surface area contributed by atoms with Crippen molar-refractivity contribution in [1.29, 1.82) is 0 Å². The third-order valence-corrected chi connectivity index (χ3v) is 3.50. The lowest BCUT2D eigenvalue weighted by molar-refractivity contribution is -0.190. The van der Waals surface area contributed by atoms with E-state index in [0.717, 1.165) is 11.3 Å². The van der Waals surface area contributed by atoms with Gasteiger partial charge in [-0.2, -0.15) is 13.2 Å². The van der Waals surface area contributed by atoms with Crippen LogP contribution in [-0.2, 0) is 4.79 Å². The summed E-state index contributed by atoms with van der Waals surface area (Å²) in [6.07, 6.45) is -2.65. The zero-order valence-corrected chi connectivity index (χ0v) is 10.3. The number of carbonyl (C=O) groups excluding carboxylic acids is 1. The minimum absolute atomic E-state index is 0. The van der Waals surface area contributed by atoms with E-state index >= 15 is 0 Å². The van der Waals surface area contributed by atoms with Crippen molar-refractivity contribution in [2.45, 2.75) is 43.9 Å². The monoisotopic (exact) mass is 272 g/mol. The summed E-state index contributed by atoms with van der Waals surface area (Å²) in [6.45, 7) is 2.57.